The second-order valence-electron chi connectivity index (χ2n) is 3.03. The number of nitrogens with zero attached hydrogens (tertiary/aromatic N) is 1. The molecule has 1 rings (SSSR count). The van der Waals surface area contributed by atoms with Crippen molar-refractivity contribution in [2.75, 3.05) is 0 Å². The Labute approximate surface area is 105 Å². The van der Waals surface area contributed by atoms with Gasteiger partial charge in [0.15, 0.2) is 0 Å². The zero-order chi connectivity index (χ0) is 12.3. The van der Waals surface area contributed by atoms with E-state index in [9.17, 15) is 9.59 Å². The number of hydrogen-bond acceptors (Lipinski definition) is 3. The molecule has 0 aliphatic carbocycles. The van der Waals surface area contributed by atoms with Crippen molar-refractivity contribution >= 4 is 39.4 Å². The van der Waals surface area contributed by atoms with Gasteiger partial charge in [-0.1, -0.05) is 11.6 Å². The fourth-order valence-electron chi connectivity index (χ4n) is 0.918. The number of carboxylic acid groups (broad SMARTS) is 1. The summed E-state index contributed by atoms with van der Waals surface area (Å²) in [6.07, 6.45) is 1.44. The van der Waals surface area contributed by atoms with Gasteiger partial charge in [0.25, 0.3) is 5.91 Å². The highest BCUT2D eigenvalue weighted by molar-refractivity contribution is 9.10. The van der Waals surface area contributed by atoms with Gasteiger partial charge >= 0.3 is 5.97 Å². The Bertz CT molecular complexity index is 439. The molecule has 1 amide bonds. The van der Waals surface area contributed by atoms with E-state index in [-0.39, 0.29) is 10.7 Å². The van der Waals surface area contributed by atoms with E-state index in [1.54, 1.807) is 0 Å². The first-order valence-electron chi connectivity index (χ1n) is 4.26. The van der Waals surface area contributed by atoms with Gasteiger partial charge in [-0.3, -0.25) is 9.59 Å². The molecule has 1 heterocycles. The summed E-state index contributed by atoms with van der Waals surface area (Å²) in [6.45, 7) is 1.36. The SMILES string of the molecule is C[C@@H](NC(=O)c1cc(Br)cnc1Cl)C(=O)O. The maximum Gasteiger partial charge on any atom is 0.325 e. The van der Waals surface area contributed by atoms with E-state index in [0.717, 1.165) is 0 Å². The number of carbonyl (C=O) groups excluding carboxylic acids is 1. The van der Waals surface area contributed by atoms with E-state index in [0.29, 0.717) is 4.47 Å². The van der Waals surface area contributed by atoms with E-state index in [4.69, 9.17) is 16.7 Å². The molecule has 0 aromatic carbocycles. The summed E-state index contributed by atoms with van der Waals surface area (Å²) in [7, 11) is 0. The van der Waals surface area contributed by atoms with Gasteiger partial charge in [-0.05, 0) is 28.9 Å². The molecule has 5 nitrogen and oxygen atoms in total. The van der Waals surface area contributed by atoms with Crippen LogP contribution in [0.15, 0.2) is 16.7 Å². The van der Waals surface area contributed by atoms with Crippen LogP contribution in [0, 0.1) is 0 Å². The minimum absolute atomic E-state index is 0.0262. The number of aliphatic carboxylic acids is 1. The van der Waals surface area contributed by atoms with Crippen molar-refractivity contribution < 1.29 is 14.7 Å². The summed E-state index contributed by atoms with van der Waals surface area (Å²) in [4.78, 5) is 25.9. The number of hydrogen-bond donors (Lipinski definition) is 2. The molecule has 0 saturated heterocycles. The number of carboxylic acids is 1. The van der Waals surface area contributed by atoms with Gasteiger partial charge in [-0.15, -0.1) is 0 Å². The molecule has 0 saturated carbocycles. The molecule has 0 aliphatic rings. The molecular weight excluding hydrogens is 299 g/mol. The summed E-state index contributed by atoms with van der Waals surface area (Å²) in [6, 6.07) is 0.488. The van der Waals surface area contributed by atoms with Crippen molar-refractivity contribution in [3.63, 3.8) is 0 Å². The first kappa shape index (κ1) is 12.9. The van der Waals surface area contributed by atoms with Crippen LogP contribution < -0.4 is 5.32 Å². The van der Waals surface area contributed by atoms with Gasteiger partial charge < -0.3 is 10.4 Å². The second-order valence-corrected chi connectivity index (χ2v) is 4.30. The number of halogens is 2. The molecule has 1 atom stereocenters. The molecule has 0 unspecified atom stereocenters. The van der Waals surface area contributed by atoms with Crippen molar-refractivity contribution in [3.8, 4) is 0 Å². The van der Waals surface area contributed by atoms with Crippen molar-refractivity contribution in [2.45, 2.75) is 13.0 Å². The minimum Gasteiger partial charge on any atom is -0.480 e. The summed E-state index contributed by atoms with van der Waals surface area (Å²) >= 11 is 8.86. The van der Waals surface area contributed by atoms with Crippen LogP contribution in [-0.2, 0) is 4.79 Å². The largest absolute Gasteiger partial charge is 0.480 e. The molecule has 7 heteroatoms. The Morgan fingerprint density at radius 1 is 1.62 bits per heavy atom. The van der Waals surface area contributed by atoms with Crippen molar-refractivity contribution in [2.24, 2.45) is 0 Å². The normalized spacial score (nSPS) is 11.9. The molecule has 16 heavy (non-hydrogen) atoms. The number of nitrogens with one attached hydrogen (secondary N) is 1. The van der Waals surface area contributed by atoms with Crippen LogP contribution in [0.2, 0.25) is 5.15 Å². The number of rotatable bonds is 3. The maximum absolute atomic E-state index is 11.6. The lowest BCUT2D eigenvalue weighted by molar-refractivity contribution is -0.138. The highest BCUT2D eigenvalue weighted by Crippen LogP contribution is 2.17. The Kier molecular flexibility index (Phi) is 4.26. The maximum atomic E-state index is 11.6. The number of carbonyl (C=O) groups is 2. The highest BCUT2D eigenvalue weighted by Gasteiger charge is 2.18. The fourth-order valence-corrected chi connectivity index (χ4v) is 1.44. The highest BCUT2D eigenvalue weighted by atomic mass is 79.9. The summed E-state index contributed by atoms with van der Waals surface area (Å²) in [5, 5.41) is 10.9. The summed E-state index contributed by atoms with van der Waals surface area (Å²) in [5.41, 5.74) is 0.129. The quantitative estimate of drug-likeness (QED) is 0.833. The molecular formula is C9H8BrClN2O3. The van der Waals surface area contributed by atoms with Crippen LogP contribution in [0.5, 0.6) is 0 Å². The standard InChI is InChI=1S/C9H8BrClN2O3/c1-4(9(15)16)13-8(14)6-2-5(10)3-12-7(6)11/h2-4H,1H3,(H,13,14)(H,15,16)/t4-/m1/s1. The van der Waals surface area contributed by atoms with Crippen LogP contribution >= 0.6 is 27.5 Å². The third-order valence-corrected chi connectivity index (χ3v) is 2.50. The Balaban J connectivity index is 2.88. The van der Waals surface area contributed by atoms with E-state index < -0.39 is 17.9 Å². The van der Waals surface area contributed by atoms with Crippen LogP contribution in [0.4, 0.5) is 0 Å². The Morgan fingerprint density at radius 3 is 2.81 bits per heavy atom. The van der Waals surface area contributed by atoms with Gasteiger partial charge in [0.05, 0.1) is 5.56 Å². The Morgan fingerprint density at radius 2 is 2.25 bits per heavy atom. The van der Waals surface area contributed by atoms with Crippen LogP contribution in [0.1, 0.15) is 17.3 Å². The van der Waals surface area contributed by atoms with Gasteiger partial charge in [-0.25, -0.2) is 4.98 Å². The van der Waals surface area contributed by atoms with Gasteiger partial charge in [0.2, 0.25) is 0 Å². The lowest BCUT2D eigenvalue weighted by Crippen LogP contribution is -2.38. The van der Waals surface area contributed by atoms with Gasteiger partial charge in [0, 0.05) is 10.7 Å². The molecule has 0 bridgehead atoms. The van der Waals surface area contributed by atoms with Crippen molar-refractivity contribution in [1.82, 2.24) is 10.3 Å². The zero-order valence-electron chi connectivity index (χ0n) is 8.20. The first-order chi connectivity index (χ1) is 7.41. The minimum atomic E-state index is -1.12. The Hall–Kier alpha value is -1.14. The van der Waals surface area contributed by atoms with Crippen LogP contribution in [0.3, 0.4) is 0 Å². The lowest BCUT2D eigenvalue weighted by Gasteiger charge is -2.09. The molecule has 0 radical (unpaired) electrons. The van der Waals surface area contributed by atoms with Crippen LogP contribution in [-0.4, -0.2) is 28.0 Å². The molecule has 86 valence electrons. The van der Waals surface area contributed by atoms with Crippen molar-refractivity contribution in [1.29, 1.82) is 0 Å². The van der Waals surface area contributed by atoms with E-state index >= 15 is 0 Å². The van der Waals surface area contributed by atoms with Crippen molar-refractivity contribution in [3.05, 3.63) is 27.5 Å². The van der Waals surface area contributed by atoms with Gasteiger partial charge in [0.1, 0.15) is 11.2 Å². The average Bonchev–Trinajstić information content (AvgIpc) is 2.21. The molecule has 1 aromatic heterocycles. The number of pyridine rings is 1. The zero-order valence-corrected chi connectivity index (χ0v) is 10.5. The average molecular weight is 308 g/mol. The summed E-state index contributed by atoms with van der Waals surface area (Å²) in [5.74, 6) is -1.69. The smallest absolute Gasteiger partial charge is 0.325 e. The van der Waals surface area contributed by atoms with E-state index in [1.807, 2.05) is 0 Å². The van der Waals surface area contributed by atoms with Crippen LogP contribution in [0.25, 0.3) is 0 Å². The molecule has 1 aromatic rings. The molecule has 2 N–H and O–H groups in total. The fraction of sp³-hybridized carbons (Fsp3) is 0.222. The molecule has 0 aliphatic heterocycles. The predicted octanol–water partition coefficient (Wildman–Crippen LogP) is 1.70. The van der Waals surface area contributed by atoms with E-state index in [1.165, 1.54) is 19.2 Å². The molecule has 0 spiro atoms. The number of amides is 1. The molecule has 0 fully saturated rings. The van der Waals surface area contributed by atoms with E-state index in [2.05, 4.69) is 26.2 Å². The predicted molar refractivity (Wildman–Crippen MR) is 61.5 cm³/mol. The first-order valence-corrected chi connectivity index (χ1v) is 5.43. The van der Waals surface area contributed by atoms with Gasteiger partial charge in [-0.2, -0.15) is 0 Å². The third-order valence-electron chi connectivity index (χ3n) is 1.77. The second kappa shape index (κ2) is 5.27. The lowest BCUT2D eigenvalue weighted by atomic mass is 10.2. The third kappa shape index (κ3) is 3.18. The monoisotopic (exact) mass is 306 g/mol. The summed E-state index contributed by atoms with van der Waals surface area (Å²) < 4.78 is 0.588. The topological polar surface area (TPSA) is 79.3 Å². The number of aromatic nitrogens is 1.